The minimum atomic E-state index is -0.148. The van der Waals surface area contributed by atoms with Crippen LogP contribution in [0.4, 0.5) is 10.1 Å². The Bertz CT molecular complexity index is 567. The number of rotatable bonds is 3. The lowest BCUT2D eigenvalue weighted by atomic mass is 9.59. The van der Waals surface area contributed by atoms with Crippen LogP contribution in [0.25, 0.3) is 0 Å². The van der Waals surface area contributed by atoms with Crippen LogP contribution in [-0.4, -0.2) is 15.9 Å². The maximum absolute atomic E-state index is 14.2. The molecule has 2 rings (SSSR count). The fourth-order valence-electron chi connectivity index (χ4n) is 5.23. The molecule has 1 heterocycles. The Hall–Kier alpha value is -0.833. The predicted molar refractivity (Wildman–Crippen MR) is 94.2 cm³/mol. The molecule has 1 nitrogen and oxygen atoms in total. The van der Waals surface area contributed by atoms with Gasteiger partial charge in [0.05, 0.1) is 0 Å². The van der Waals surface area contributed by atoms with Crippen molar-refractivity contribution in [3.05, 3.63) is 29.1 Å². The van der Waals surface area contributed by atoms with Crippen LogP contribution in [0, 0.1) is 17.7 Å². The molecule has 3 radical (unpaired) electrons. The maximum atomic E-state index is 14.2. The van der Waals surface area contributed by atoms with Crippen LogP contribution in [0.1, 0.15) is 72.4 Å². The highest BCUT2D eigenvalue weighted by molar-refractivity contribution is 6.20. The lowest BCUT2D eigenvalue weighted by Gasteiger charge is -2.53. The van der Waals surface area contributed by atoms with Gasteiger partial charge in [0, 0.05) is 16.6 Å². The van der Waals surface area contributed by atoms with E-state index in [1.54, 1.807) is 12.1 Å². The van der Waals surface area contributed by atoms with Crippen molar-refractivity contribution in [3.8, 4) is 0 Å². The highest BCUT2D eigenvalue weighted by Gasteiger charge is 2.59. The van der Waals surface area contributed by atoms with Gasteiger partial charge in [0.25, 0.3) is 0 Å². The summed E-state index contributed by atoms with van der Waals surface area (Å²) < 4.78 is 16.4. The van der Waals surface area contributed by atoms with Gasteiger partial charge in [-0.15, -0.1) is 0 Å². The zero-order valence-electron chi connectivity index (χ0n) is 15.2. The summed E-state index contributed by atoms with van der Waals surface area (Å²) in [6.45, 7) is 18.0. The SMILES string of the molecule is CC(C)c1cc(F)cc2c1C(C)(C)C(C(C)C)(C(C)C)N2[Si]. The van der Waals surface area contributed by atoms with Gasteiger partial charge in [-0.2, -0.15) is 0 Å². The maximum Gasteiger partial charge on any atom is 0.189 e. The molecule has 0 aromatic heterocycles. The average molecular weight is 319 g/mol. The third-order valence-corrected chi connectivity index (χ3v) is 6.34. The molecular formula is C19H29FNSi. The second-order valence-corrected chi connectivity index (χ2v) is 8.59. The van der Waals surface area contributed by atoms with Crippen molar-refractivity contribution < 1.29 is 4.39 Å². The summed E-state index contributed by atoms with van der Waals surface area (Å²) >= 11 is 0. The Labute approximate surface area is 138 Å². The van der Waals surface area contributed by atoms with Gasteiger partial charge in [-0.25, -0.2) is 4.39 Å². The summed E-state index contributed by atoms with van der Waals surface area (Å²) in [5.74, 6) is 1.01. The van der Waals surface area contributed by atoms with Crippen LogP contribution < -0.4 is 4.57 Å². The van der Waals surface area contributed by atoms with Gasteiger partial charge in [0.2, 0.25) is 0 Å². The van der Waals surface area contributed by atoms with Crippen LogP contribution in [0.3, 0.4) is 0 Å². The van der Waals surface area contributed by atoms with Crippen molar-refractivity contribution in [2.45, 2.75) is 72.3 Å². The van der Waals surface area contributed by atoms with E-state index >= 15 is 0 Å². The van der Waals surface area contributed by atoms with Crippen molar-refractivity contribution in [2.75, 3.05) is 4.57 Å². The number of nitrogens with zero attached hydrogens (tertiary/aromatic N) is 1. The third kappa shape index (κ3) is 2.01. The zero-order valence-corrected chi connectivity index (χ0v) is 16.2. The first-order chi connectivity index (χ1) is 9.99. The first-order valence-electron chi connectivity index (χ1n) is 8.34. The first-order valence-corrected chi connectivity index (χ1v) is 8.79. The molecule has 0 fully saturated rings. The number of hydrogen-bond donors (Lipinski definition) is 0. The number of halogens is 1. The monoisotopic (exact) mass is 318 g/mol. The average Bonchev–Trinajstić information content (AvgIpc) is 2.53. The van der Waals surface area contributed by atoms with E-state index in [0.717, 1.165) is 11.3 Å². The molecule has 0 N–H and O–H groups in total. The Morgan fingerprint density at radius 2 is 1.50 bits per heavy atom. The summed E-state index contributed by atoms with van der Waals surface area (Å²) in [6, 6.07) is 3.41. The lowest BCUT2D eigenvalue weighted by Crippen LogP contribution is -2.62. The predicted octanol–water partition coefficient (Wildman–Crippen LogP) is 5.18. The smallest absolute Gasteiger partial charge is 0.189 e. The first kappa shape index (κ1) is 17.5. The molecule has 121 valence electrons. The highest BCUT2D eigenvalue weighted by Crippen LogP contribution is 2.58. The molecule has 0 atom stereocenters. The van der Waals surface area contributed by atoms with Gasteiger partial charge in [0.15, 0.2) is 10.4 Å². The Balaban J connectivity index is 2.86. The quantitative estimate of drug-likeness (QED) is 0.694. The fourth-order valence-corrected chi connectivity index (χ4v) is 6.20. The number of fused-ring (bicyclic) bond motifs is 1. The van der Waals surface area contributed by atoms with Crippen LogP contribution in [0.15, 0.2) is 12.1 Å². The minimum absolute atomic E-state index is 0.0697. The molecule has 0 aliphatic carbocycles. The molecule has 0 saturated heterocycles. The van der Waals surface area contributed by atoms with Crippen LogP contribution in [0.2, 0.25) is 0 Å². The van der Waals surface area contributed by atoms with E-state index in [9.17, 15) is 4.39 Å². The summed E-state index contributed by atoms with van der Waals surface area (Å²) in [5, 5.41) is 0. The molecule has 1 aromatic rings. The number of anilines is 1. The number of hydrogen-bond acceptors (Lipinski definition) is 1. The Morgan fingerprint density at radius 1 is 1.00 bits per heavy atom. The van der Waals surface area contributed by atoms with Gasteiger partial charge in [0.1, 0.15) is 5.82 Å². The zero-order chi connectivity index (χ0) is 17.0. The van der Waals surface area contributed by atoms with E-state index in [1.807, 2.05) is 0 Å². The van der Waals surface area contributed by atoms with Crippen molar-refractivity contribution in [1.29, 1.82) is 0 Å². The van der Waals surface area contributed by atoms with Crippen molar-refractivity contribution >= 4 is 16.1 Å². The van der Waals surface area contributed by atoms with Gasteiger partial charge < -0.3 is 4.57 Å². The molecule has 1 aliphatic rings. The van der Waals surface area contributed by atoms with E-state index < -0.39 is 0 Å². The molecule has 0 spiro atoms. The van der Waals surface area contributed by atoms with Crippen molar-refractivity contribution in [3.63, 3.8) is 0 Å². The second-order valence-electron chi connectivity index (χ2n) is 8.14. The van der Waals surface area contributed by atoms with Gasteiger partial charge in [-0.05, 0) is 41.0 Å². The molecule has 0 unspecified atom stereocenters. The molecule has 3 heteroatoms. The summed E-state index contributed by atoms with van der Waals surface area (Å²) in [4.78, 5) is 0. The van der Waals surface area contributed by atoms with Crippen LogP contribution in [-0.2, 0) is 5.41 Å². The fraction of sp³-hybridized carbons (Fsp3) is 0.684. The van der Waals surface area contributed by atoms with Crippen LogP contribution in [0.5, 0.6) is 0 Å². The number of benzene rings is 1. The molecule has 0 saturated carbocycles. The molecule has 1 aromatic carbocycles. The van der Waals surface area contributed by atoms with Crippen molar-refractivity contribution in [2.24, 2.45) is 11.8 Å². The Kier molecular flexibility index (Phi) is 4.27. The van der Waals surface area contributed by atoms with E-state index in [0.29, 0.717) is 17.8 Å². The molecule has 22 heavy (non-hydrogen) atoms. The van der Waals surface area contributed by atoms with E-state index in [1.165, 1.54) is 5.56 Å². The van der Waals surface area contributed by atoms with Gasteiger partial charge in [-0.3, -0.25) is 0 Å². The molecule has 1 aliphatic heterocycles. The topological polar surface area (TPSA) is 3.24 Å². The van der Waals surface area contributed by atoms with E-state index in [2.05, 4.69) is 70.4 Å². The molecule has 0 bridgehead atoms. The van der Waals surface area contributed by atoms with Crippen molar-refractivity contribution in [1.82, 2.24) is 0 Å². The lowest BCUT2D eigenvalue weighted by molar-refractivity contribution is 0.144. The largest absolute Gasteiger partial charge is 0.392 e. The standard InChI is InChI=1S/C19H29FNSi/c1-11(2)15-9-14(20)10-16-17(15)18(7,8)19(12(3)4,13(5)6)21(16)22/h9-13H,1-8H3. The minimum Gasteiger partial charge on any atom is -0.392 e. The highest BCUT2D eigenvalue weighted by atomic mass is 28.2. The van der Waals surface area contributed by atoms with E-state index in [-0.39, 0.29) is 16.8 Å². The van der Waals surface area contributed by atoms with Gasteiger partial charge >= 0.3 is 0 Å². The normalized spacial score (nSPS) is 19.4. The molecular weight excluding hydrogens is 289 g/mol. The Morgan fingerprint density at radius 3 is 1.91 bits per heavy atom. The van der Waals surface area contributed by atoms with Crippen LogP contribution >= 0.6 is 0 Å². The second kappa shape index (κ2) is 5.36. The van der Waals surface area contributed by atoms with Gasteiger partial charge in [-0.1, -0.05) is 55.4 Å². The summed E-state index contributed by atoms with van der Waals surface area (Å²) in [7, 11) is 3.88. The third-order valence-electron chi connectivity index (χ3n) is 5.73. The van der Waals surface area contributed by atoms with E-state index in [4.69, 9.17) is 0 Å². The summed E-state index contributed by atoms with van der Waals surface area (Å²) in [5.41, 5.74) is 3.25. The summed E-state index contributed by atoms with van der Waals surface area (Å²) in [6.07, 6.45) is 0. The molecule has 0 amide bonds.